The van der Waals surface area contributed by atoms with Gasteiger partial charge in [0.05, 0.1) is 17.9 Å². The number of carbonyl (C=O) groups is 4. The van der Waals surface area contributed by atoms with Crippen LogP contribution in [0, 0.1) is 23.2 Å². The van der Waals surface area contributed by atoms with Gasteiger partial charge in [-0.1, -0.05) is 27.4 Å². The highest BCUT2D eigenvalue weighted by Crippen LogP contribution is 2.61. The topological polar surface area (TPSA) is 125 Å². The van der Waals surface area contributed by atoms with Gasteiger partial charge < -0.3 is 24.1 Å². The van der Waals surface area contributed by atoms with Gasteiger partial charge in [-0.3, -0.25) is 14.4 Å². The second kappa shape index (κ2) is 8.17. The van der Waals surface area contributed by atoms with Crippen molar-refractivity contribution in [2.24, 2.45) is 23.2 Å². The minimum atomic E-state index is -1.25. The number of fused-ring (bicyclic) bond motifs is 2. The Morgan fingerprint density at radius 2 is 1.78 bits per heavy atom. The van der Waals surface area contributed by atoms with Gasteiger partial charge in [-0.25, -0.2) is 4.79 Å². The van der Waals surface area contributed by atoms with Gasteiger partial charge in [0.1, 0.15) is 17.8 Å². The maximum absolute atomic E-state index is 12.7. The fraction of sp³-hybridized carbons (Fsp3) is 0.739. The van der Waals surface area contributed by atoms with Gasteiger partial charge in [-0.05, 0) is 19.8 Å². The highest BCUT2D eigenvalue weighted by atomic mass is 16.6. The maximum Gasteiger partial charge on any atom is 0.334 e. The van der Waals surface area contributed by atoms with E-state index in [-0.39, 0.29) is 18.4 Å². The van der Waals surface area contributed by atoms with Crippen LogP contribution in [-0.4, -0.2) is 59.0 Å². The summed E-state index contributed by atoms with van der Waals surface area (Å²) >= 11 is 0. The van der Waals surface area contributed by atoms with Crippen LogP contribution in [0.5, 0.6) is 0 Å². The molecule has 0 bridgehead atoms. The zero-order valence-corrected chi connectivity index (χ0v) is 19.4. The molecule has 0 radical (unpaired) electrons. The molecule has 1 N–H and O–H groups in total. The lowest BCUT2D eigenvalue weighted by atomic mass is 9.49. The van der Waals surface area contributed by atoms with Crippen LogP contribution in [0.25, 0.3) is 0 Å². The molecule has 3 aliphatic rings. The average molecular weight is 453 g/mol. The largest absolute Gasteiger partial charge is 0.461 e. The molecule has 9 heteroatoms. The number of ether oxygens (including phenoxy) is 4. The first-order chi connectivity index (χ1) is 14.7. The van der Waals surface area contributed by atoms with E-state index in [1.165, 1.54) is 13.8 Å². The van der Waals surface area contributed by atoms with Crippen LogP contribution in [-0.2, 0) is 38.1 Å². The van der Waals surface area contributed by atoms with E-state index in [4.69, 9.17) is 18.9 Å². The summed E-state index contributed by atoms with van der Waals surface area (Å²) in [6, 6.07) is 0. The third-order valence-electron chi connectivity index (χ3n) is 7.21. The van der Waals surface area contributed by atoms with Crippen molar-refractivity contribution >= 4 is 23.9 Å². The Bertz CT molecular complexity index is 848. The van der Waals surface area contributed by atoms with Gasteiger partial charge >= 0.3 is 23.9 Å². The van der Waals surface area contributed by atoms with E-state index in [1.807, 2.05) is 0 Å². The van der Waals surface area contributed by atoms with Crippen LogP contribution < -0.4 is 0 Å². The molecule has 2 aliphatic carbocycles. The lowest BCUT2D eigenvalue weighted by Crippen LogP contribution is -2.72. The van der Waals surface area contributed by atoms with E-state index in [2.05, 4.69) is 6.58 Å². The molecule has 1 aliphatic heterocycles. The average Bonchev–Trinajstić information content (AvgIpc) is 2.95. The molecule has 3 rings (SSSR count). The van der Waals surface area contributed by atoms with Crippen LogP contribution in [0.15, 0.2) is 12.2 Å². The third-order valence-corrected chi connectivity index (χ3v) is 7.21. The molecule has 0 aromatic carbocycles. The summed E-state index contributed by atoms with van der Waals surface area (Å²) < 4.78 is 22.9. The minimum Gasteiger partial charge on any atom is -0.461 e. The van der Waals surface area contributed by atoms with E-state index in [0.29, 0.717) is 0 Å². The molecule has 3 fully saturated rings. The molecule has 9 nitrogen and oxygen atoms in total. The summed E-state index contributed by atoms with van der Waals surface area (Å²) in [4.78, 5) is 49.3. The van der Waals surface area contributed by atoms with E-state index in [1.54, 1.807) is 27.7 Å². The van der Waals surface area contributed by atoms with Crippen molar-refractivity contribution < 1.29 is 43.2 Å². The Hall–Kier alpha value is -2.42. The molecule has 32 heavy (non-hydrogen) atoms. The number of rotatable bonds is 4. The monoisotopic (exact) mass is 452 g/mol. The van der Waals surface area contributed by atoms with Crippen LogP contribution >= 0.6 is 0 Å². The molecule has 0 spiro atoms. The molecule has 0 aromatic heterocycles. The van der Waals surface area contributed by atoms with Crippen molar-refractivity contribution in [1.29, 1.82) is 0 Å². The lowest BCUT2D eigenvalue weighted by Gasteiger charge is -2.61. The van der Waals surface area contributed by atoms with Gasteiger partial charge in [-0.15, -0.1) is 0 Å². The standard InChI is InChI=1S/C23H32O9/c1-10(2)20(27)30-16-15-11(3)21(28)31-17(15)19(29-12(4)24)23(7)14(26)8-9-22(6,18(16)23)32-13(5)25/h10,14-19,26H,3,8-9H2,1-2,4-7H3. The van der Waals surface area contributed by atoms with Crippen LogP contribution in [0.2, 0.25) is 0 Å². The van der Waals surface area contributed by atoms with Crippen molar-refractivity contribution in [3.63, 3.8) is 0 Å². The zero-order chi connectivity index (χ0) is 24.2. The first-order valence-corrected chi connectivity index (χ1v) is 10.9. The summed E-state index contributed by atoms with van der Waals surface area (Å²) in [7, 11) is 0. The Morgan fingerprint density at radius 1 is 1.16 bits per heavy atom. The molecule has 1 saturated heterocycles. The van der Waals surface area contributed by atoms with Crippen LogP contribution in [0.4, 0.5) is 0 Å². The van der Waals surface area contributed by atoms with E-state index >= 15 is 0 Å². The molecule has 1 heterocycles. The molecule has 0 amide bonds. The summed E-state index contributed by atoms with van der Waals surface area (Å²) in [5, 5.41) is 11.2. The van der Waals surface area contributed by atoms with E-state index < -0.39 is 77.1 Å². The van der Waals surface area contributed by atoms with E-state index in [0.717, 1.165) is 0 Å². The number of esters is 4. The normalized spacial score (nSPS) is 40.8. The number of aliphatic hydroxyl groups is 1. The lowest BCUT2D eigenvalue weighted by molar-refractivity contribution is -0.281. The zero-order valence-electron chi connectivity index (χ0n) is 19.4. The van der Waals surface area contributed by atoms with Gasteiger partial charge in [0.2, 0.25) is 0 Å². The van der Waals surface area contributed by atoms with E-state index in [9.17, 15) is 24.3 Å². The van der Waals surface area contributed by atoms with Crippen molar-refractivity contribution in [3.05, 3.63) is 12.2 Å². The highest BCUT2D eigenvalue weighted by molar-refractivity contribution is 5.91. The molecular formula is C23H32O9. The molecule has 2 saturated carbocycles. The third kappa shape index (κ3) is 3.70. The quantitative estimate of drug-likeness (QED) is 0.385. The highest BCUT2D eigenvalue weighted by Gasteiger charge is 2.72. The predicted molar refractivity (Wildman–Crippen MR) is 110 cm³/mol. The molecular weight excluding hydrogens is 420 g/mol. The maximum atomic E-state index is 12.7. The summed E-state index contributed by atoms with van der Waals surface area (Å²) in [5.74, 6) is -4.45. The minimum absolute atomic E-state index is 0.0843. The smallest absolute Gasteiger partial charge is 0.334 e. The van der Waals surface area contributed by atoms with Crippen molar-refractivity contribution in [2.75, 3.05) is 0 Å². The second-order valence-corrected chi connectivity index (χ2v) is 9.81. The van der Waals surface area contributed by atoms with Gasteiger partial charge in [0, 0.05) is 30.8 Å². The molecule has 8 unspecified atom stereocenters. The van der Waals surface area contributed by atoms with Crippen LogP contribution in [0.3, 0.4) is 0 Å². The SMILES string of the molecule is C=C1C(=O)OC2C1C(OC(=O)C(C)C)C1C(C)(OC(C)=O)CCC(O)C1(C)C2OC(C)=O. The first kappa shape index (κ1) is 24.2. The number of aliphatic hydroxyl groups excluding tert-OH is 1. The molecule has 178 valence electrons. The van der Waals surface area contributed by atoms with Crippen LogP contribution in [0.1, 0.15) is 54.4 Å². The van der Waals surface area contributed by atoms with Gasteiger partial charge in [0.25, 0.3) is 0 Å². The Balaban J connectivity index is 2.24. The number of hydrogen-bond donors (Lipinski definition) is 1. The summed E-state index contributed by atoms with van der Waals surface area (Å²) in [6.07, 6.45) is -3.53. The van der Waals surface area contributed by atoms with Crippen molar-refractivity contribution in [2.45, 2.75) is 84.4 Å². The Morgan fingerprint density at radius 3 is 2.31 bits per heavy atom. The fourth-order valence-corrected chi connectivity index (χ4v) is 5.85. The van der Waals surface area contributed by atoms with Gasteiger partial charge in [0.15, 0.2) is 6.10 Å². The number of carbonyl (C=O) groups excluding carboxylic acids is 4. The summed E-state index contributed by atoms with van der Waals surface area (Å²) in [6.45, 7) is 13.1. The predicted octanol–water partition coefficient (Wildman–Crippen LogP) is 1.70. The first-order valence-electron chi connectivity index (χ1n) is 10.9. The van der Waals surface area contributed by atoms with Crippen molar-refractivity contribution in [3.8, 4) is 0 Å². The summed E-state index contributed by atoms with van der Waals surface area (Å²) in [5.41, 5.74) is -2.33. The fourth-order valence-electron chi connectivity index (χ4n) is 5.85. The Kier molecular flexibility index (Phi) is 6.19. The van der Waals surface area contributed by atoms with Gasteiger partial charge in [-0.2, -0.15) is 0 Å². The molecule has 8 atom stereocenters. The second-order valence-electron chi connectivity index (χ2n) is 9.81. The Labute approximate surface area is 187 Å². The molecule has 0 aromatic rings. The number of hydrogen-bond acceptors (Lipinski definition) is 9. The van der Waals surface area contributed by atoms with Crippen molar-refractivity contribution in [1.82, 2.24) is 0 Å².